The van der Waals surface area contributed by atoms with Crippen LogP contribution in [0.1, 0.15) is 29.3 Å². The van der Waals surface area contributed by atoms with Crippen LogP contribution >= 0.6 is 12.2 Å². The van der Waals surface area contributed by atoms with E-state index in [4.69, 9.17) is 21.1 Å². The molecule has 32 heavy (non-hydrogen) atoms. The minimum absolute atomic E-state index is 0.0119. The monoisotopic (exact) mass is 446 g/mol. The van der Waals surface area contributed by atoms with Gasteiger partial charge in [-0.1, -0.05) is 18.2 Å². The van der Waals surface area contributed by atoms with Gasteiger partial charge in [-0.15, -0.1) is 0 Å². The largest absolute Gasteiger partial charge is 0.467 e. The lowest BCUT2D eigenvalue weighted by molar-refractivity contribution is -0.384. The van der Waals surface area contributed by atoms with E-state index in [0.29, 0.717) is 28.7 Å². The number of nitrogens with zero attached hydrogens (tertiary/aromatic N) is 3. The topological polar surface area (TPSA) is 97.6 Å². The van der Waals surface area contributed by atoms with Crippen LogP contribution in [-0.2, 0) is 6.54 Å². The Balaban J connectivity index is 1.56. The molecule has 9 heteroatoms. The number of aromatic nitrogens is 1. The van der Waals surface area contributed by atoms with Gasteiger partial charge in [-0.3, -0.25) is 15.1 Å². The predicted molar refractivity (Wildman–Crippen MR) is 121 cm³/mol. The maximum Gasteiger partial charge on any atom is 0.280 e. The van der Waals surface area contributed by atoms with E-state index in [9.17, 15) is 10.1 Å². The highest BCUT2D eigenvalue weighted by atomic mass is 32.1. The molecule has 160 valence electrons. The molecule has 0 saturated carbocycles. The van der Waals surface area contributed by atoms with Crippen LogP contribution in [0.3, 0.4) is 0 Å². The SMILES string of the molecule is O=[N+]([O-])c1ccccc1-c1ccc([C@@H]2[C@@H](c3ccccn3)NC(=S)N2Cc2ccco2)o1. The third-order valence-electron chi connectivity index (χ3n) is 5.39. The number of thiocarbonyl (C=S) groups is 1. The van der Waals surface area contributed by atoms with Crippen LogP contribution in [0.25, 0.3) is 11.3 Å². The Labute approximate surface area is 188 Å². The summed E-state index contributed by atoms with van der Waals surface area (Å²) < 4.78 is 11.7. The van der Waals surface area contributed by atoms with Gasteiger partial charge in [-0.25, -0.2) is 0 Å². The number of hydrogen-bond donors (Lipinski definition) is 1. The maximum absolute atomic E-state index is 11.5. The molecule has 0 spiro atoms. The van der Waals surface area contributed by atoms with E-state index >= 15 is 0 Å². The molecule has 1 aliphatic heterocycles. The van der Waals surface area contributed by atoms with E-state index in [1.807, 2.05) is 41.3 Å². The minimum atomic E-state index is -0.413. The lowest BCUT2D eigenvalue weighted by Crippen LogP contribution is -2.28. The standard InChI is InChI=1S/C23H18N4O4S/c28-27(29)18-9-2-1-7-16(18)19-10-11-20(31-19)22-21(17-8-3-4-12-24-17)25-23(32)26(22)14-15-6-5-13-30-15/h1-13,21-22H,14H2,(H,25,32)/t21-,22-/m1/s1. The van der Waals surface area contributed by atoms with Gasteiger partial charge in [0, 0.05) is 12.3 Å². The molecule has 0 radical (unpaired) electrons. The average Bonchev–Trinajstić information content (AvgIpc) is 3.56. The van der Waals surface area contributed by atoms with Gasteiger partial charge in [-0.2, -0.15) is 0 Å². The molecule has 4 aromatic rings. The van der Waals surface area contributed by atoms with E-state index < -0.39 is 4.92 Å². The molecule has 1 saturated heterocycles. The van der Waals surface area contributed by atoms with Crippen molar-refractivity contribution in [2.75, 3.05) is 0 Å². The molecule has 1 N–H and O–H groups in total. The second kappa shape index (κ2) is 8.27. The van der Waals surface area contributed by atoms with Crippen LogP contribution < -0.4 is 5.32 Å². The third kappa shape index (κ3) is 3.63. The molecular formula is C23H18N4O4S. The van der Waals surface area contributed by atoms with Gasteiger partial charge in [0.25, 0.3) is 5.69 Å². The second-order valence-corrected chi connectivity index (χ2v) is 7.70. The minimum Gasteiger partial charge on any atom is -0.467 e. The highest BCUT2D eigenvalue weighted by Crippen LogP contribution is 2.42. The summed E-state index contributed by atoms with van der Waals surface area (Å²) in [6.07, 6.45) is 3.35. The number of furan rings is 2. The van der Waals surface area contributed by atoms with Gasteiger partial charge in [0.1, 0.15) is 23.3 Å². The molecule has 3 aromatic heterocycles. The second-order valence-electron chi connectivity index (χ2n) is 7.31. The quantitative estimate of drug-likeness (QED) is 0.251. The summed E-state index contributed by atoms with van der Waals surface area (Å²) in [5, 5.41) is 15.4. The number of nitro groups is 1. The van der Waals surface area contributed by atoms with Crippen molar-refractivity contribution in [2.45, 2.75) is 18.6 Å². The number of para-hydroxylation sites is 1. The van der Waals surface area contributed by atoms with Crippen LogP contribution in [-0.4, -0.2) is 19.9 Å². The van der Waals surface area contributed by atoms with E-state index in [2.05, 4.69) is 10.3 Å². The van der Waals surface area contributed by atoms with Crippen molar-refractivity contribution in [3.05, 3.63) is 107 Å². The Bertz CT molecular complexity index is 1260. The Morgan fingerprint density at radius 3 is 2.69 bits per heavy atom. The first-order chi connectivity index (χ1) is 15.6. The molecule has 1 fully saturated rings. The number of rotatable bonds is 6. The van der Waals surface area contributed by atoms with Gasteiger partial charge >= 0.3 is 0 Å². The molecule has 1 aliphatic rings. The lowest BCUT2D eigenvalue weighted by Gasteiger charge is -2.25. The number of pyridine rings is 1. The Morgan fingerprint density at radius 2 is 1.94 bits per heavy atom. The molecule has 0 unspecified atom stereocenters. The van der Waals surface area contributed by atoms with Crippen molar-refractivity contribution >= 4 is 23.0 Å². The molecule has 2 atom stereocenters. The van der Waals surface area contributed by atoms with E-state index in [0.717, 1.165) is 11.5 Å². The van der Waals surface area contributed by atoms with Crippen LogP contribution in [0.4, 0.5) is 5.69 Å². The van der Waals surface area contributed by atoms with E-state index in [1.165, 1.54) is 6.07 Å². The molecule has 0 aliphatic carbocycles. The molecule has 4 heterocycles. The van der Waals surface area contributed by atoms with Gasteiger partial charge in [0.05, 0.1) is 35.0 Å². The summed E-state index contributed by atoms with van der Waals surface area (Å²) in [4.78, 5) is 17.5. The first kappa shape index (κ1) is 20.0. The molecule has 1 aromatic carbocycles. The van der Waals surface area contributed by atoms with Crippen molar-refractivity contribution in [3.63, 3.8) is 0 Å². The number of benzene rings is 1. The fourth-order valence-electron chi connectivity index (χ4n) is 3.95. The fraction of sp³-hybridized carbons (Fsp3) is 0.130. The molecule has 8 nitrogen and oxygen atoms in total. The Kier molecular flexibility index (Phi) is 5.16. The normalized spacial score (nSPS) is 18.0. The van der Waals surface area contributed by atoms with Gasteiger partial charge in [0.2, 0.25) is 0 Å². The summed E-state index contributed by atoms with van der Waals surface area (Å²) >= 11 is 5.64. The number of nitro benzene ring substituents is 1. The van der Waals surface area contributed by atoms with Crippen molar-refractivity contribution < 1.29 is 13.8 Å². The van der Waals surface area contributed by atoms with Gasteiger partial charge in [0.15, 0.2) is 5.11 Å². The summed E-state index contributed by atoms with van der Waals surface area (Å²) in [7, 11) is 0. The van der Waals surface area contributed by atoms with Crippen LogP contribution in [0.5, 0.6) is 0 Å². The van der Waals surface area contributed by atoms with Crippen LogP contribution in [0, 0.1) is 10.1 Å². The first-order valence-electron chi connectivity index (χ1n) is 9.96. The zero-order chi connectivity index (χ0) is 22.1. The summed E-state index contributed by atoms with van der Waals surface area (Å²) in [5.74, 6) is 1.79. The summed E-state index contributed by atoms with van der Waals surface area (Å²) in [5.41, 5.74) is 1.22. The molecular weight excluding hydrogens is 428 g/mol. The zero-order valence-electron chi connectivity index (χ0n) is 16.8. The first-order valence-corrected chi connectivity index (χ1v) is 10.4. The van der Waals surface area contributed by atoms with Crippen molar-refractivity contribution in [2.24, 2.45) is 0 Å². The number of hydrogen-bond acceptors (Lipinski definition) is 6. The molecule has 5 rings (SSSR count). The maximum atomic E-state index is 11.5. The fourth-order valence-corrected chi connectivity index (χ4v) is 4.26. The van der Waals surface area contributed by atoms with E-state index in [1.54, 1.807) is 36.7 Å². The Hall–Kier alpha value is -3.98. The highest BCUT2D eigenvalue weighted by molar-refractivity contribution is 7.80. The Morgan fingerprint density at radius 1 is 1.09 bits per heavy atom. The van der Waals surface area contributed by atoms with E-state index in [-0.39, 0.29) is 17.8 Å². The third-order valence-corrected chi connectivity index (χ3v) is 5.74. The van der Waals surface area contributed by atoms with Gasteiger partial charge < -0.3 is 19.1 Å². The van der Waals surface area contributed by atoms with Crippen molar-refractivity contribution in [1.82, 2.24) is 15.2 Å². The lowest BCUT2D eigenvalue weighted by atomic mass is 10.0. The average molecular weight is 446 g/mol. The zero-order valence-corrected chi connectivity index (χ0v) is 17.6. The number of nitrogens with one attached hydrogen (secondary N) is 1. The van der Waals surface area contributed by atoms with Crippen molar-refractivity contribution in [3.8, 4) is 11.3 Å². The van der Waals surface area contributed by atoms with Crippen LogP contribution in [0.15, 0.2) is 88.0 Å². The smallest absolute Gasteiger partial charge is 0.280 e. The van der Waals surface area contributed by atoms with Crippen molar-refractivity contribution in [1.29, 1.82) is 0 Å². The predicted octanol–water partition coefficient (Wildman–Crippen LogP) is 5.02. The molecule has 0 bridgehead atoms. The highest BCUT2D eigenvalue weighted by Gasteiger charge is 2.42. The summed E-state index contributed by atoms with van der Waals surface area (Å²) in [6.45, 7) is 0.439. The molecule has 0 amide bonds. The summed E-state index contributed by atoms with van der Waals surface area (Å²) in [6, 6.07) is 18.9. The van der Waals surface area contributed by atoms with Gasteiger partial charge in [-0.05, 0) is 54.7 Å². The van der Waals surface area contributed by atoms with Crippen LogP contribution in [0.2, 0.25) is 0 Å².